The van der Waals surface area contributed by atoms with E-state index in [1.807, 2.05) is 6.92 Å². The lowest BCUT2D eigenvalue weighted by molar-refractivity contribution is -0.169. The monoisotopic (exact) mass is 228 g/mol. The van der Waals surface area contributed by atoms with E-state index in [0.717, 1.165) is 0 Å². The van der Waals surface area contributed by atoms with Crippen LogP contribution in [0.3, 0.4) is 0 Å². The molecule has 0 atom stereocenters. The normalized spacial score (nSPS) is 11.0. The standard InChI is InChI=1S/C12H20O4/c1-5-8-10(14)16-11(15)12(6-2,7-3)9(4)13/h5-8H2,1-4H3. The van der Waals surface area contributed by atoms with Crippen LogP contribution in [0.25, 0.3) is 0 Å². The molecule has 0 aromatic rings. The van der Waals surface area contributed by atoms with Gasteiger partial charge in [-0.1, -0.05) is 20.8 Å². The van der Waals surface area contributed by atoms with Gasteiger partial charge in [0.2, 0.25) is 0 Å². The molecule has 0 aromatic heterocycles. The number of ketones is 1. The highest BCUT2D eigenvalue weighted by molar-refractivity contribution is 6.05. The van der Waals surface area contributed by atoms with Crippen LogP contribution in [0.2, 0.25) is 0 Å². The second kappa shape index (κ2) is 6.40. The van der Waals surface area contributed by atoms with Crippen molar-refractivity contribution in [2.24, 2.45) is 5.41 Å². The summed E-state index contributed by atoms with van der Waals surface area (Å²) in [5.74, 6) is -1.50. The molecule has 0 rings (SSSR count). The van der Waals surface area contributed by atoms with E-state index in [-0.39, 0.29) is 12.2 Å². The number of Topliss-reactive ketones (excluding diaryl/α,β-unsaturated/α-hetero) is 1. The van der Waals surface area contributed by atoms with Gasteiger partial charge in [-0.25, -0.2) is 0 Å². The smallest absolute Gasteiger partial charge is 0.327 e. The van der Waals surface area contributed by atoms with Crippen LogP contribution in [0.15, 0.2) is 0 Å². The molecule has 0 saturated heterocycles. The summed E-state index contributed by atoms with van der Waals surface area (Å²) in [6, 6.07) is 0. The minimum Gasteiger partial charge on any atom is -0.392 e. The Morgan fingerprint density at radius 1 is 1.06 bits per heavy atom. The summed E-state index contributed by atoms with van der Waals surface area (Å²) in [4.78, 5) is 34.5. The molecule has 0 radical (unpaired) electrons. The SMILES string of the molecule is CCCC(=O)OC(=O)C(CC)(CC)C(C)=O. The Bertz CT molecular complexity index is 277. The highest BCUT2D eigenvalue weighted by atomic mass is 16.6. The van der Waals surface area contributed by atoms with E-state index in [1.165, 1.54) is 6.92 Å². The van der Waals surface area contributed by atoms with Gasteiger partial charge in [-0.15, -0.1) is 0 Å². The van der Waals surface area contributed by atoms with Crippen LogP contribution in [0.4, 0.5) is 0 Å². The molecule has 0 fully saturated rings. The third-order valence-electron chi connectivity index (χ3n) is 2.93. The zero-order chi connectivity index (χ0) is 12.8. The summed E-state index contributed by atoms with van der Waals surface area (Å²) in [6.07, 6.45) is 1.54. The van der Waals surface area contributed by atoms with E-state index in [9.17, 15) is 14.4 Å². The average molecular weight is 228 g/mol. The predicted octanol–water partition coefficient (Wildman–Crippen LogP) is 2.25. The van der Waals surface area contributed by atoms with Crippen molar-refractivity contribution in [3.63, 3.8) is 0 Å². The second-order valence-electron chi connectivity index (χ2n) is 3.86. The van der Waals surface area contributed by atoms with Crippen LogP contribution in [0.1, 0.15) is 53.4 Å². The van der Waals surface area contributed by atoms with Gasteiger partial charge >= 0.3 is 11.9 Å². The van der Waals surface area contributed by atoms with Crippen molar-refractivity contribution in [1.82, 2.24) is 0 Å². The summed E-state index contributed by atoms with van der Waals surface area (Å²) >= 11 is 0. The molecular formula is C12H20O4. The maximum absolute atomic E-state index is 11.8. The van der Waals surface area contributed by atoms with Gasteiger partial charge in [-0.05, 0) is 26.2 Å². The second-order valence-corrected chi connectivity index (χ2v) is 3.86. The van der Waals surface area contributed by atoms with Crippen molar-refractivity contribution < 1.29 is 19.1 Å². The molecule has 16 heavy (non-hydrogen) atoms. The number of carbonyl (C=O) groups excluding carboxylic acids is 3. The van der Waals surface area contributed by atoms with Gasteiger partial charge in [0.05, 0.1) is 0 Å². The van der Waals surface area contributed by atoms with Gasteiger partial charge in [-0.3, -0.25) is 14.4 Å². The van der Waals surface area contributed by atoms with Crippen LogP contribution in [0, 0.1) is 5.41 Å². The molecular weight excluding hydrogens is 208 g/mol. The van der Waals surface area contributed by atoms with Crippen molar-refractivity contribution in [1.29, 1.82) is 0 Å². The number of rotatable bonds is 6. The van der Waals surface area contributed by atoms with E-state index >= 15 is 0 Å². The highest BCUT2D eigenvalue weighted by Gasteiger charge is 2.42. The minimum absolute atomic E-state index is 0.202. The molecule has 0 aliphatic carbocycles. The molecule has 0 aromatic carbocycles. The first-order valence-electron chi connectivity index (χ1n) is 5.70. The Morgan fingerprint density at radius 3 is 1.88 bits per heavy atom. The van der Waals surface area contributed by atoms with Gasteiger partial charge in [-0.2, -0.15) is 0 Å². The van der Waals surface area contributed by atoms with E-state index in [1.54, 1.807) is 13.8 Å². The average Bonchev–Trinajstić information content (AvgIpc) is 2.19. The number of carbonyl (C=O) groups is 3. The lowest BCUT2D eigenvalue weighted by atomic mass is 9.79. The third-order valence-corrected chi connectivity index (χ3v) is 2.93. The maximum atomic E-state index is 11.8. The molecule has 0 aliphatic rings. The van der Waals surface area contributed by atoms with Crippen LogP contribution in [-0.2, 0) is 19.1 Å². The third kappa shape index (κ3) is 3.15. The van der Waals surface area contributed by atoms with E-state index in [0.29, 0.717) is 19.3 Å². The van der Waals surface area contributed by atoms with Gasteiger partial charge in [0, 0.05) is 6.42 Å². The fourth-order valence-corrected chi connectivity index (χ4v) is 1.64. The number of hydrogen-bond donors (Lipinski definition) is 0. The molecule has 4 nitrogen and oxygen atoms in total. The molecule has 0 saturated carbocycles. The van der Waals surface area contributed by atoms with E-state index in [4.69, 9.17) is 4.74 Å². The van der Waals surface area contributed by atoms with Crippen molar-refractivity contribution in [3.8, 4) is 0 Å². The summed E-state index contributed by atoms with van der Waals surface area (Å²) in [5, 5.41) is 0. The van der Waals surface area contributed by atoms with Crippen LogP contribution in [-0.4, -0.2) is 17.7 Å². The number of esters is 2. The molecule has 0 spiro atoms. The van der Waals surface area contributed by atoms with Gasteiger partial charge in [0.25, 0.3) is 0 Å². The Labute approximate surface area is 96.4 Å². The lowest BCUT2D eigenvalue weighted by Crippen LogP contribution is -2.39. The number of ether oxygens (including phenoxy) is 1. The summed E-state index contributed by atoms with van der Waals surface area (Å²) in [5.41, 5.74) is -1.15. The first-order chi connectivity index (χ1) is 7.44. The van der Waals surface area contributed by atoms with Gasteiger partial charge < -0.3 is 4.74 Å². The van der Waals surface area contributed by atoms with Crippen molar-refractivity contribution in [2.75, 3.05) is 0 Å². The Hall–Kier alpha value is -1.19. The molecule has 0 aliphatic heterocycles. The van der Waals surface area contributed by atoms with Crippen LogP contribution < -0.4 is 0 Å². The first kappa shape index (κ1) is 14.8. The first-order valence-corrected chi connectivity index (χ1v) is 5.70. The maximum Gasteiger partial charge on any atom is 0.327 e. The van der Waals surface area contributed by atoms with Crippen molar-refractivity contribution >= 4 is 17.7 Å². The van der Waals surface area contributed by atoms with E-state index < -0.39 is 17.4 Å². The Balaban J connectivity index is 4.76. The summed E-state index contributed by atoms with van der Waals surface area (Å²) in [7, 11) is 0. The summed E-state index contributed by atoms with van der Waals surface area (Å²) < 4.78 is 4.70. The quantitative estimate of drug-likeness (QED) is 0.516. The van der Waals surface area contributed by atoms with E-state index in [2.05, 4.69) is 0 Å². The molecule has 0 heterocycles. The molecule has 0 amide bonds. The lowest BCUT2D eigenvalue weighted by Gasteiger charge is -2.25. The van der Waals surface area contributed by atoms with Crippen LogP contribution >= 0.6 is 0 Å². The highest BCUT2D eigenvalue weighted by Crippen LogP contribution is 2.29. The molecule has 0 bridgehead atoms. The van der Waals surface area contributed by atoms with Gasteiger partial charge in [0.15, 0.2) is 0 Å². The topological polar surface area (TPSA) is 60.4 Å². The predicted molar refractivity (Wildman–Crippen MR) is 59.7 cm³/mol. The summed E-state index contributed by atoms with van der Waals surface area (Å²) in [6.45, 7) is 6.68. The molecule has 0 N–H and O–H groups in total. The fraction of sp³-hybridized carbons (Fsp3) is 0.750. The Kier molecular flexibility index (Phi) is 5.93. The minimum atomic E-state index is -1.15. The van der Waals surface area contributed by atoms with Gasteiger partial charge in [0.1, 0.15) is 11.2 Å². The molecule has 4 heteroatoms. The van der Waals surface area contributed by atoms with Crippen molar-refractivity contribution in [3.05, 3.63) is 0 Å². The number of hydrogen-bond acceptors (Lipinski definition) is 4. The zero-order valence-corrected chi connectivity index (χ0v) is 10.5. The zero-order valence-electron chi connectivity index (χ0n) is 10.5. The van der Waals surface area contributed by atoms with Crippen molar-refractivity contribution in [2.45, 2.75) is 53.4 Å². The van der Waals surface area contributed by atoms with Crippen LogP contribution in [0.5, 0.6) is 0 Å². The molecule has 0 unspecified atom stereocenters. The Morgan fingerprint density at radius 2 is 1.56 bits per heavy atom. The molecule has 92 valence electrons. The fourth-order valence-electron chi connectivity index (χ4n) is 1.64. The largest absolute Gasteiger partial charge is 0.392 e.